The van der Waals surface area contributed by atoms with E-state index in [0.29, 0.717) is 5.69 Å². The van der Waals surface area contributed by atoms with Gasteiger partial charge in [0, 0.05) is 15.4 Å². The summed E-state index contributed by atoms with van der Waals surface area (Å²) >= 11 is 4.84. The molecule has 1 N–H and O–H groups in total. The van der Waals surface area contributed by atoms with Gasteiger partial charge in [0.1, 0.15) is 5.01 Å². The quantitative estimate of drug-likeness (QED) is 0.939. The van der Waals surface area contributed by atoms with Crippen molar-refractivity contribution in [3.8, 4) is 10.6 Å². The normalized spacial score (nSPS) is 12.4. The molecule has 0 aliphatic carbocycles. The zero-order valence-electron chi connectivity index (χ0n) is 9.05. The van der Waals surface area contributed by atoms with Crippen LogP contribution in [0.4, 0.5) is 0 Å². The lowest BCUT2D eigenvalue weighted by atomic mass is 10.1. The van der Waals surface area contributed by atoms with Crippen LogP contribution in [-0.4, -0.2) is 16.1 Å². The van der Waals surface area contributed by atoms with Gasteiger partial charge in [-0.25, -0.2) is 4.98 Å². The second kappa shape index (κ2) is 4.98. The topological polar surface area (TPSA) is 50.2 Å². The number of carbonyl (C=O) groups is 1. The number of halogens is 1. The van der Waals surface area contributed by atoms with E-state index < -0.39 is 11.9 Å². The molecule has 1 aromatic heterocycles. The van der Waals surface area contributed by atoms with Crippen molar-refractivity contribution in [3.63, 3.8) is 0 Å². The molecule has 17 heavy (non-hydrogen) atoms. The van der Waals surface area contributed by atoms with E-state index in [-0.39, 0.29) is 0 Å². The summed E-state index contributed by atoms with van der Waals surface area (Å²) in [6.45, 7) is 1.64. The number of aromatic nitrogens is 1. The second-order valence-electron chi connectivity index (χ2n) is 3.64. The highest BCUT2D eigenvalue weighted by Crippen LogP contribution is 2.27. The van der Waals surface area contributed by atoms with Crippen LogP contribution >= 0.6 is 27.3 Å². The molecule has 5 heteroatoms. The number of carboxylic acids is 1. The van der Waals surface area contributed by atoms with Crippen LogP contribution in [-0.2, 0) is 4.79 Å². The van der Waals surface area contributed by atoms with E-state index in [1.807, 2.05) is 24.3 Å². The molecule has 0 aliphatic rings. The monoisotopic (exact) mass is 311 g/mol. The molecule has 0 radical (unpaired) electrons. The van der Waals surface area contributed by atoms with Crippen LogP contribution in [0.3, 0.4) is 0 Å². The van der Waals surface area contributed by atoms with E-state index in [9.17, 15) is 4.79 Å². The lowest BCUT2D eigenvalue weighted by Gasteiger charge is -2.00. The average Bonchev–Trinajstić information content (AvgIpc) is 2.78. The summed E-state index contributed by atoms with van der Waals surface area (Å²) in [5.74, 6) is -1.41. The van der Waals surface area contributed by atoms with Gasteiger partial charge in [-0.15, -0.1) is 11.3 Å². The van der Waals surface area contributed by atoms with E-state index in [4.69, 9.17) is 5.11 Å². The van der Waals surface area contributed by atoms with Gasteiger partial charge in [0.05, 0.1) is 11.6 Å². The Labute approximate surface area is 111 Å². The minimum absolute atomic E-state index is 0.560. The first-order chi connectivity index (χ1) is 8.08. The fraction of sp³-hybridized carbons (Fsp3) is 0.167. The SMILES string of the molecule is CC(C(=O)O)c1csc(-c2ccc(Br)cc2)n1. The van der Waals surface area contributed by atoms with Crippen molar-refractivity contribution in [1.82, 2.24) is 4.98 Å². The summed E-state index contributed by atoms with van der Waals surface area (Å²) in [4.78, 5) is 15.2. The molecule has 0 aliphatic heterocycles. The summed E-state index contributed by atoms with van der Waals surface area (Å²) in [5, 5.41) is 11.6. The largest absolute Gasteiger partial charge is 0.481 e. The molecule has 1 unspecified atom stereocenters. The Morgan fingerprint density at radius 3 is 2.65 bits per heavy atom. The molecule has 1 atom stereocenters. The third kappa shape index (κ3) is 2.73. The molecule has 0 saturated carbocycles. The number of benzene rings is 1. The molecule has 0 saturated heterocycles. The van der Waals surface area contributed by atoms with Crippen molar-refractivity contribution in [2.45, 2.75) is 12.8 Å². The first-order valence-electron chi connectivity index (χ1n) is 5.02. The highest BCUT2D eigenvalue weighted by Gasteiger charge is 2.17. The minimum Gasteiger partial charge on any atom is -0.481 e. The number of nitrogens with zero attached hydrogens (tertiary/aromatic N) is 1. The molecule has 1 heterocycles. The lowest BCUT2D eigenvalue weighted by molar-refractivity contribution is -0.138. The van der Waals surface area contributed by atoms with Crippen molar-refractivity contribution in [2.75, 3.05) is 0 Å². The highest BCUT2D eigenvalue weighted by molar-refractivity contribution is 9.10. The van der Waals surface area contributed by atoms with Crippen LogP contribution < -0.4 is 0 Å². The van der Waals surface area contributed by atoms with Crippen molar-refractivity contribution < 1.29 is 9.90 Å². The fourth-order valence-corrected chi connectivity index (χ4v) is 2.52. The molecule has 2 aromatic rings. The van der Waals surface area contributed by atoms with E-state index in [2.05, 4.69) is 20.9 Å². The Balaban J connectivity index is 2.29. The van der Waals surface area contributed by atoms with Crippen LogP contribution in [0.2, 0.25) is 0 Å². The Bertz CT molecular complexity index is 536. The van der Waals surface area contributed by atoms with Gasteiger partial charge in [0.2, 0.25) is 0 Å². The number of hydrogen-bond donors (Lipinski definition) is 1. The van der Waals surface area contributed by atoms with Crippen molar-refractivity contribution in [2.24, 2.45) is 0 Å². The summed E-state index contributed by atoms with van der Waals surface area (Å²) in [6.07, 6.45) is 0. The molecule has 0 spiro atoms. The van der Waals surface area contributed by atoms with Gasteiger partial charge in [-0.1, -0.05) is 28.1 Å². The van der Waals surface area contributed by atoms with E-state index in [0.717, 1.165) is 15.0 Å². The van der Waals surface area contributed by atoms with Gasteiger partial charge in [-0.05, 0) is 19.1 Å². The number of thiazole rings is 1. The van der Waals surface area contributed by atoms with Crippen molar-refractivity contribution >= 4 is 33.2 Å². The Morgan fingerprint density at radius 2 is 2.06 bits per heavy atom. The molecule has 3 nitrogen and oxygen atoms in total. The predicted molar refractivity (Wildman–Crippen MR) is 71.3 cm³/mol. The van der Waals surface area contributed by atoms with Crippen LogP contribution in [0.15, 0.2) is 34.1 Å². The van der Waals surface area contributed by atoms with Gasteiger partial charge in [-0.3, -0.25) is 4.79 Å². The minimum atomic E-state index is -0.849. The van der Waals surface area contributed by atoms with Gasteiger partial charge in [0.25, 0.3) is 0 Å². The third-order valence-corrected chi connectivity index (χ3v) is 3.87. The first kappa shape index (κ1) is 12.3. The van der Waals surface area contributed by atoms with Crippen molar-refractivity contribution in [3.05, 3.63) is 39.8 Å². The molecule has 1 aromatic carbocycles. The maximum absolute atomic E-state index is 10.8. The Morgan fingerprint density at radius 1 is 1.41 bits per heavy atom. The van der Waals surface area contributed by atoms with Gasteiger partial charge >= 0.3 is 5.97 Å². The first-order valence-corrected chi connectivity index (χ1v) is 6.69. The molecular weight excluding hydrogens is 302 g/mol. The smallest absolute Gasteiger partial charge is 0.312 e. The Hall–Kier alpha value is -1.20. The average molecular weight is 312 g/mol. The number of carboxylic acid groups (broad SMARTS) is 1. The van der Waals surface area contributed by atoms with Crippen LogP contribution in [0.5, 0.6) is 0 Å². The van der Waals surface area contributed by atoms with Gasteiger partial charge < -0.3 is 5.11 Å². The fourth-order valence-electron chi connectivity index (χ4n) is 1.34. The molecule has 0 bridgehead atoms. The predicted octanol–water partition coefficient (Wildman–Crippen LogP) is 3.76. The van der Waals surface area contributed by atoms with Crippen LogP contribution in [0.25, 0.3) is 10.6 Å². The van der Waals surface area contributed by atoms with Gasteiger partial charge in [-0.2, -0.15) is 0 Å². The zero-order chi connectivity index (χ0) is 12.4. The second-order valence-corrected chi connectivity index (χ2v) is 5.42. The maximum Gasteiger partial charge on any atom is 0.312 e. The Kier molecular flexibility index (Phi) is 3.59. The number of rotatable bonds is 3. The summed E-state index contributed by atoms with van der Waals surface area (Å²) in [5.41, 5.74) is 1.61. The molecule has 88 valence electrons. The third-order valence-electron chi connectivity index (χ3n) is 2.43. The summed E-state index contributed by atoms with van der Waals surface area (Å²) in [6, 6.07) is 7.80. The summed E-state index contributed by atoms with van der Waals surface area (Å²) in [7, 11) is 0. The van der Waals surface area contributed by atoms with E-state index in [1.54, 1.807) is 12.3 Å². The number of aliphatic carboxylic acids is 1. The molecule has 0 amide bonds. The van der Waals surface area contributed by atoms with Crippen molar-refractivity contribution in [1.29, 1.82) is 0 Å². The van der Waals surface area contributed by atoms with Gasteiger partial charge in [0.15, 0.2) is 0 Å². The lowest BCUT2D eigenvalue weighted by Crippen LogP contribution is -2.07. The molecule has 2 rings (SSSR count). The van der Waals surface area contributed by atoms with E-state index >= 15 is 0 Å². The maximum atomic E-state index is 10.8. The highest BCUT2D eigenvalue weighted by atomic mass is 79.9. The zero-order valence-corrected chi connectivity index (χ0v) is 11.5. The summed E-state index contributed by atoms with van der Waals surface area (Å²) < 4.78 is 1.01. The van der Waals surface area contributed by atoms with Crippen LogP contribution in [0, 0.1) is 0 Å². The number of hydrogen-bond acceptors (Lipinski definition) is 3. The molecule has 0 fully saturated rings. The van der Waals surface area contributed by atoms with Crippen LogP contribution in [0.1, 0.15) is 18.5 Å². The van der Waals surface area contributed by atoms with E-state index in [1.165, 1.54) is 11.3 Å². The standard InChI is InChI=1S/C12H10BrNO2S/c1-7(12(15)16)10-6-17-11(14-10)8-2-4-9(13)5-3-8/h2-7H,1H3,(H,15,16). The molecular formula is C12H10BrNO2S.